The Bertz CT molecular complexity index is 1160. The predicted molar refractivity (Wildman–Crippen MR) is 133 cm³/mol. The first-order chi connectivity index (χ1) is 16.6. The molecule has 0 saturated heterocycles. The van der Waals surface area contributed by atoms with Crippen LogP contribution in [0.5, 0.6) is 11.5 Å². The first-order valence-corrected chi connectivity index (χ1v) is 12.6. The van der Waals surface area contributed by atoms with Crippen LogP contribution in [-0.4, -0.2) is 24.6 Å². The maximum absolute atomic E-state index is 13.8. The number of rotatable bonds is 7. The monoisotopic (exact) mass is 496 g/mol. The van der Waals surface area contributed by atoms with Gasteiger partial charge in [0.25, 0.3) is 0 Å². The van der Waals surface area contributed by atoms with Gasteiger partial charge in [-0.25, -0.2) is 0 Å². The van der Waals surface area contributed by atoms with Crippen molar-refractivity contribution in [2.45, 2.75) is 44.2 Å². The molecule has 1 aliphatic heterocycles. The number of fused-ring (bicyclic) bond motifs is 1. The molecule has 0 radical (unpaired) electrons. The van der Waals surface area contributed by atoms with Crippen molar-refractivity contribution < 1.29 is 19.1 Å². The van der Waals surface area contributed by atoms with E-state index in [9.17, 15) is 9.59 Å². The molecule has 1 aliphatic carbocycles. The topological polar surface area (TPSA) is 67.9 Å². The van der Waals surface area contributed by atoms with Gasteiger partial charge in [-0.15, -0.1) is 11.3 Å². The third-order valence-corrected chi connectivity index (χ3v) is 7.33. The fraction of sp³-hybridized carbons (Fsp3) is 0.308. The van der Waals surface area contributed by atoms with Gasteiger partial charge in [0.05, 0.1) is 6.42 Å². The molecule has 3 aromatic rings. The number of carbonyl (C=O) groups is 2. The van der Waals surface area contributed by atoms with Crippen molar-refractivity contribution in [3.05, 3.63) is 75.4 Å². The fourth-order valence-electron chi connectivity index (χ4n) is 4.53. The molecule has 8 heteroatoms. The normalized spacial score (nSPS) is 15.8. The number of nitrogens with zero attached hydrogens (tertiary/aromatic N) is 1. The standard InChI is InChI=1S/C26H25ClN2O4S/c27-18-9-7-17(8-10-18)25(26(31)28-19-4-1-2-5-19)29(24(30)15-21-6-3-13-34-21)20-11-12-22-23(14-20)33-16-32-22/h3,6-14,19,25H,1-2,4-5,15-16H2,(H,28,31)/t25-/m0/s1. The molecule has 1 N–H and O–H groups in total. The van der Waals surface area contributed by atoms with E-state index in [0.717, 1.165) is 30.6 Å². The smallest absolute Gasteiger partial charge is 0.248 e. The SMILES string of the molecule is O=C(NC1CCCC1)[C@H](c1ccc(Cl)cc1)N(C(=O)Cc1cccs1)c1ccc2c(c1)OCO2. The van der Waals surface area contributed by atoms with E-state index in [0.29, 0.717) is 27.8 Å². The average molecular weight is 497 g/mol. The van der Waals surface area contributed by atoms with E-state index in [1.165, 1.54) is 11.3 Å². The van der Waals surface area contributed by atoms with Crippen molar-refractivity contribution >= 4 is 40.4 Å². The van der Waals surface area contributed by atoms with E-state index in [4.69, 9.17) is 21.1 Å². The van der Waals surface area contributed by atoms with Gasteiger partial charge < -0.3 is 14.8 Å². The summed E-state index contributed by atoms with van der Waals surface area (Å²) in [5.41, 5.74) is 1.27. The number of carbonyl (C=O) groups excluding carboxylic acids is 2. The summed E-state index contributed by atoms with van der Waals surface area (Å²) in [4.78, 5) is 30.0. The van der Waals surface area contributed by atoms with E-state index in [-0.39, 0.29) is 31.1 Å². The second-order valence-corrected chi connectivity index (χ2v) is 9.97. The zero-order chi connectivity index (χ0) is 23.5. The molecule has 1 aromatic heterocycles. The summed E-state index contributed by atoms with van der Waals surface area (Å²) in [6.07, 6.45) is 4.28. The minimum absolute atomic E-state index is 0.119. The molecule has 1 saturated carbocycles. The number of ether oxygens (including phenoxy) is 2. The molecule has 2 heterocycles. The Labute approximate surface area is 207 Å². The largest absolute Gasteiger partial charge is 0.454 e. The number of thiophene rings is 1. The average Bonchev–Trinajstić information content (AvgIpc) is 3.61. The third-order valence-electron chi connectivity index (χ3n) is 6.20. The molecule has 0 spiro atoms. The van der Waals surface area contributed by atoms with E-state index in [2.05, 4.69) is 5.32 Å². The molecule has 0 bridgehead atoms. The Morgan fingerprint density at radius 1 is 1.06 bits per heavy atom. The van der Waals surface area contributed by atoms with Gasteiger partial charge in [-0.05, 0) is 54.1 Å². The summed E-state index contributed by atoms with van der Waals surface area (Å²) in [5, 5.41) is 5.70. The van der Waals surface area contributed by atoms with Crippen LogP contribution in [0.3, 0.4) is 0 Å². The van der Waals surface area contributed by atoms with E-state index < -0.39 is 6.04 Å². The van der Waals surface area contributed by atoms with Crippen LogP contribution in [0.25, 0.3) is 0 Å². The van der Waals surface area contributed by atoms with Crippen LogP contribution in [-0.2, 0) is 16.0 Å². The zero-order valence-corrected chi connectivity index (χ0v) is 20.1. The molecule has 1 atom stereocenters. The number of hydrogen-bond acceptors (Lipinski definition) is 5. The lowest BCUT2D eigenvalue weighted by Gasteiger charge is -2.32. The van der Waals surface area contributed by atoms with Gasteiger partial charge >= 0.3 is 0 Å². The van der Waals surface area contributed by atoms with Gasteiger partial charge in [-0.2, -0.15) is 0 Å². The third kappa shape index (κ3) is 4.91. The molecular weight excluding hydrogens is 472 g/mol. The summed E-state index contributed by atoms with van der Waals surface area (Å²) in [6.45, 7) is 0.130. The Morgan fingerprint density at radius 3 is 2.56 bits per heavy atom. The first kappa shape index (κ1) is 22.7. The van der Waals surface area contributed by atoms with Crippen LogP contribution in [0, 0.1) is 0 Å². The van der Waals surface area contributed by atoms with Gasteiger partial charge in [0, 0.05) is 27.7 Å². The van der Waals surface area contributed by atoms with E-state index >= 15 is 0 Å². The highest BCUT2D eigenvalue weighted by Gasteiger charge is 2.35. The summed E-state index contributed by atoms with van der Waals surface area (Å²) in [7, 11) is 0. The minimum Gasteiger partial charge on any atom is -0.454 e. The summed E-state index contributed by atoms with van der Waals surface area (Å²) < 4.78 is 11.0. The highest BCUT2D eigenvalue weighted by atomic mass is 35.5. The maximum Gasteiger partial charge on any atom is 0.248 e. The predicted octanol–water partition coefficient (Wildman–Crippen LogP) is 5.51. The molecular formula is C26H25ClN2O4S. The van der Waals surface area contributed by atoms with Crippen molar-refractivity contribution in [2.75, 3.05) is 11.7 Å². The van der Waals surface area contributed by atoms with Crippen LogP contribution < -0.4 is 19.7 Å². The fourth-order valence-corrected chi connectivity index (χ4v) is 5.35. The summed E-state index contributed by atoms with van der Waals surface area (Å²) >= 11 is 7.66. The number of benzene rings is 2. The Balaban J connectivity index is 1.56. The van der Waals surface area contributed by atoms with Crippen LogP contribution in [0.1, 0.15) is 42.2 Å². The number of amides is 2. The lowest BCUT2D eigenvalue weighted by molar-refractivity contribution is -0.127. The number of anilines is 1. The lowest BCUT2D eigenvalue weighted by Crippen LogP contribution is -2.46. The quantitative estimate of drug-likeness (QED) is 0.468. The number of hydrogen-bond donors (Lipinski definition) is 1. The molecule has 176 valence electrons. The summed E-state index contributed by atoms with van der Waals surface area (Å²) in [6, 6.07) is 15.5. The molecule has 5 rings (SSSR count). The van der Waals surface area contributed by atoms with Gasteiger partial charge in [-0.3, -0.25) is 14.5 Å². The van der Waals surface area contributed by atoms with Crippen molar-refractivity contribution in [2.24, 2.45) is 0 Å². The molecule has 6 nitrogen and oxygen atoms in total. The lowest BCUT2D eigenvalue weighted by atomic mass is 10.0. The van der Waals surface area contributed by atoms with Gasteiger partial charge in [0.1, 0.15) is 6.04 Å². The Morgan fingerprint density at radius 2 is 1.82 bits per heavy atom. The second kappa shape index (κ2) is 10.1. The van der Waals surface area contributed by atoms with Gasteiger partial charge in [0.15, 0.2) is 11.5 Å². The molecule has 1 fully saturated rings. The van der Waals surface area contributed by atoms with Crippen LogP contribution in [0.4, 0.5) is 5.69 Å². The van der Waals surface area contributed by atoms with Crippen molar-refractivity contribution in [3.8, 4) is 11.5 Å². The molecule has 2 aromatic carbocycles. The van der Waals surface area contributed by atoms with Crippen molar-refractivity contribution in [1.82, 2.24) is 5.32 Å². The highest BCUT2D eigenvalue weighted by Crippen LogP contribution is 2.39. The van der Waals surface area contributed by atoms with E-state index in [1.807, 2.05) is 17.5 Å². The van der Waals surface area contributed by atoms with Crippen LogP contribution in [0.2, 0.25) is 5.02 Å². The zero-order valence-electron chi connectivity index (χ0n) is 18.5. The molecule has 0 unspecified atom stereocenters. The number of halogens is 1. The van der Waals surface area contributed by atoms with Crippen molar-refractivity contribution in [3.63, 3.8) is 0 Å². The van der Waals surface area contributed by atoms with Gasteiger partial charge in [0.2, 0.25) is 18.6 Å². The van der Waals surface area contributed by atoms with E-state index in [1.54, 1.807) is 47.4 Å². The molecule has 34 heavy (non-hydrogen) atoms. The Hall–Kier alpha value is -3.03. The van der Waals surface area contributed by atoms with Crippen LogP contribution in [0.15, 0.2) is 60.0 Å². The number of nitrogens with one attached hydrogen (secondary N) is 1. The summed E-state index contributed by atoms with van der Waals surface area (Å²) in [5.74, 6) is 0.791. The molecule has 2 aliphatic rings. The second-order valence-electron chi connectivity index (χ2n) is 8.50. The van der Waals surface area contributed by atoms with Crippen LogP contribution >= 0.6 is 22.9 Å². The van der Waals surface area contributed by atoms with Gasteiger partial charge in [-0.1, -0.05) is 42.6 Å². The Kier molecular flexibility index (Phi) is 6.74. The minimum atomic E-state index is -0.856. The van der Waals surface area contributed by atoms with Crippen molar-refractivity contribution in [1.29, 1.82) is 0 Å². The maximum atomic E-state index is 13.8. The first-order valence-electron chi connectivity index (χ1n) is 11.4. The highest BCUT2D eigenvalue weighted by molar-refractivity contribution is 7.10. The molecule has 2 amide bonds.